The van der Waals surface area contributed by atoms with Crippen LogP contribution in [0.4, 0.5) is 0 Å². The molecule has 2 aromatic rings. The number of nitrogens with one attached hydrogen (secondary N) is 1. The lowest BCUT2D eigenvalue weighted by Crippen LogP contribution is -2.41. The summed E-state index contributed by atoms with van der Waals surface area (Å²) in [6.45, 7) is 3.43. The quantitative estimate of drug-likeness (QED) is 0.935. The summed E-state index contributed by atoms with van der Waals surface area (Å²) < 4.78 is 5.66. The second kappa shape index (κ2) is 7.04. The summed E-state index contributed by atoms with van der Waals surface area (Å²) in [4.78, 5) is 21.7. The van der Waals surface area contributed by atoms with Crippen LogP contribution in [0, 0.1) is 6.92 Å². The molecule has 1 aliphatic rings. The highest BCUT2D eigenvalue weighted by Crippen LogP contribution is 2.25. The number of imidazole rings is 1. The van der Waals surface area contributed by atoms with Crippen LogP contribution in [0.25, 0.3) is 0 Å². The average molecular weight is 334 g/mol. The number of nitrogens with zero attached hydrogens (tertiary/aromatic N) is 2. The molecule has 122 valence electrons. The number of ether oxygens (including phenoxy) is 1. The topological polar surface area (TPSA) is 58.2 Å². The van der Waals surface area contributed by atoms with Gasteiger partial charge in [-0.25, -0.2) is 4.98 Å². The van der Waals surface area contributed by atoms with Gasteiger partial charge >= 0.3 is 0 Å². The number of halogens is 1. The zero-order valence-electron chi connectivity index (χ0n) is 13.1. The van der Waals surface area contributed by atoms with Crippen LogP contribution in [0.15, 0.2) is 30.6 Å². The third-order valence-electron chi connectivity index (χ3n) is 4.17. The predicted molar refractivity (Wildman–Crippen MR) is 88.8 cm³/mol. The molecule has 5 nitrogen and oxygen atoms in total. The van der Waals surface area contributed by atoms with E-state index in [0.29, 0.717) is 17.3 Å². The SMILES string of the molecule is Cc1cc(Cl)ccc1OCC(=O)N1CCCC(c2ncc[nH]2)C1. The Morgan fingerprint density at radius 1 is 1.52 bits per heavy atom. The van der Waals surface area contributed by atoms with E-state index >= 15 is 0 Å². The molecule has 1 N–H and O–H groups in total. The minimum absolute atomic E-state index is 0.00982. The third-order valence-corrected chi connectivity index (χ3v) is 4.40. The van der Waals surface area contributed by atoms with Crippen LogP contribution in [0.5, 0.6) is 5.75 Å². The van der Waals surface area contributed by atoms with Crippen molar-refractivity contribution < 1.29 is 9.53 Å². The van der Waals surface area contributed by atoms with Crippen LogP contribution in [-0.4, -0.2) is 40.5 Å². The molecule has 0 bridgehead atoms. The summed E-state index contributed by atoms with van der Waals surface area (Å²) >= 11 is 5.93. The molecule has 1 saturated heterocycles. The molecule has 0 saturated carbocycles. The highest BCUT2D eigenvalue weighted by molar-refractivity contribution is 6.30. The van der Waals surface area contributed by atoms with Crippen molar-refractivity contribution in [2.45, 2.75) is 25.7 Å². The minimum Gasteiger partial charge on any atom is -0.483 e. The fourth-order valence-electron chi connectivity index (χ4n) is 2.93. The summed E-state index contributed by atoms with van der Waals surface area (Å²) in [6, 6.07) is 5.39. The first-order valence-electron chi connectivity index (χ1n) is 7.79. The lowest BCUT2D eigenvalue weighted by molar-refractivity contribution is -0.134. The Bertz CT molecular complexity index is 672. The number of aromatic nitrogens is 2. The number of amides is 1. The van der Waals surface area contributed by atoms with Crippen molar-refractivity contribution >= 4 is 17.5 Å². The molecule has 1 aromatic carbocycles. The second-order valence-electron chi connectivity index (χ2n) is 5.85. The number of hydrogen-bond donors (Lipinski definition) is 1. The van der Waals surface area contributed by atoms with Gasteiger partial charge in [0.15, 0.2) is 6.61 Å². The normalized spacial score (nSPS) is 18.0. The zero-order chi connectivity index (χ0) is 16.2. The number of carbonyl (C=O) groups is 1. The van der Waals surface area contributed by atoms with Gasteiger partial charge in [-0.2, -0.15) is 0 Å². The number of benzene rings is 1. The van der Waals surface area contributed by atoms with Crippen molar-refractivity contribution in [1.29, 1.82) is 0 Å². The Hall–Kier alpha value is -2.01. The van der Waals surface area contributed by atoms with Crippen molar-refractivity contribution in [3.8, 4) is 5.75 Å². The van der Waals surface area contributed by atoms with Crippen molar-refractivity contribution in [3.05, 3.63) is 47.0 Å². The van der Waals surface area contributed by atoms with E-state index in [0.717, 1.165) is 30.8 Å². The molecule has 1 amide bonds. The van der Waals surface area contributed by atoms with Crippen molar-refractivity contribution in [2.75, 3.05) is 19.7 Å². The molecule has 1 fully saturated rings. The molecular formula is C17H20ClN3O2. The van der Waals surface area contributed by atoms with Gasteiger partial charge in [0.1, 0.15) is 11.6 Å². The van der Waals surface area contributed by atoms with Crippen LogP contribution >= 0.6 is 11.6 Å². The fourth-order valence-corrected chi connectivity index (χ4v) is 3.16. The van der Waals surface area contributed by atoms with Gasteiger partial charge in [0.05, 0.1) is 0 Å². The number of rotatable bonds is 4. The summed E-state index contributed by atoms with van der Waals surface area (Å²) in [6.07, 6.45) is 5.61. The van der Waals surface area contributed by atoms with Gasteiger partial charge in [0.25, 0.3) is 5.91 Å². The van der Waals surface area contributed by atoms with Gasteiger partial charge in [0.2, 0.25) is 0 Å². The lowest BCUT2D eigenvalue weighted by Gasteiger charge is -2.31. The standard InChI is InChI=1S/C17H20ClN3O2/c1-12-9-14(18)4-5-15(12)23-11-16(22)21-8-2-3-13(10-21)17-19-6-7-20-17/h4-7,9,13H,2-3,8,10-11H2,1H3,(H,19,20). The van der Waals surface area contributed by atoms with Gasteiger partial charge in [-0.1, -0.05) is 11.6 Å². The van der Waals surface area contributed by atoms with Crippen LogP contribution in [0.2, 0.25) is 5.02 Å². The van der Waals surface area contributed by atoms with E-state index in [2.05, 4.69) is 9.97 Å². The van der Waals surface area contributed by atoms with Gasteiger partial charge in [-0.05, 0) is 43.5 Å². The largest absolute Gasteiger partial charge is 0.483 e. The van der Waals surface area contributed by atoms with Gasteiger partial charge < -0.3 is 14.6 Å². The van der Waals surface area contributed by atoms with E-state index in [1.54, 1.807) is 18.3 Å². The van der Waals surface area contributed by atoms with Crippen molar-refractivity contribution in [1.82, 2.24) is 14.9 Å². The van der Waals surface area contributed by atoms with Crippen molar-refractivity contribution in [3.63, 3.8) is 0 Å². The minimum atomic E-state index is 0.00982. The number of hydrogen-bond acceptors (Lipinski definition) is 3. The van der Waals surface area contributed by atoms with Gasteiger partial charge in [-0.15, -0.1) is 0 Å². The van der Waals surface area contributed by atoms with E-state index in [9.17, 15) is 4.79 Å². The Morgan fingerprint density at radius 3 is 3.13 bits per heavy atom. The molecule has 2 heterocycles. The zero-order valence-corrected chi connectivity index (χ0v) is 13.8. The first kappa shape index (κ1) is 15.9. The summed E-state index contributed by atoms with van der Waals surface area (Å²) in [5, 5.41) is 0.665. The van der Waals surface area contributed by atoms with Crippen molar-refractivity contribution in [2.24, 2.45) is 0 Å². The number of piperidine rings is 1. The summed E-state index contributed by atoms with van der Waals surface area (Å²) in [5.41, 5.74) is 0.928. The lowest BCUT2D eigenvalue weighted by atomic mass is 9.97. The molecule has 23 heavy (non-hydrogen) atoms. The molecule has 1 aromatic heterocycles. The van der Waals surface area contributed by atoms with Crippen LogP contribution in [0.1, 0.15) is 30.1 Å². The molecular weight excluding hydrogens is 314 g/mol. The molecule has 1 atom stereocenters. The molecule has 0 aliphatic carbocycles. The van der Waals surface area contributed by atoms with Crippen LogP contribution in [-0.2, 0) is 4.79 Å². The number of likely N-dealkylation sites (tertiary alicyclic amines) is 1. The second-order valence-corrected chi connectivity index (χ2v) is 6.29. The van der Waals surface area contributed by atoms with E-state index in [1.807, 2.05) is 24.1 Å². The molecule has 3 rings (SSSR count). The monoisotopic (exact) mass is 333 g/mol. The van der Waals surface area contributed by atoms with Crippen LogP contribution in [0.3, 0.4) is 0 Å². The first-order chi connectivity index (χ1) is 11.1. The predicted octanol–water partition coefficient (Wildman–Crippen LogP) is 3.16. The number of H-pyrrole nitrogens is 1. The summed E-state index contributed by atoms with van der Waals surface area (Å²) in [5.74, 6) is 1.94. The number of carbonyl (C=O) groups excluding carboxylic acids is 1. The number of aromatic amines is 1. The maximum absolute atomic E-state index is 12.4. The van der Waals surface area contributed by atoms with Gasteiger partial charge in [0, 0.05) is 36.4 Å². The molecule has 1 unspecified atom stereocenters. The van der Waals surface area contributed by atoms with Crippen LogP contribution < -0.4 is 4.74 Å². The third kappa shape index (κ3) is 3.85. The molecule has 6 heteroatoms. The Morgan fingerprint density at radius 2 is 2.39 bits per heavy atom. The smallest absolute Gasteiger partial charge is 0.260 e. The summed E-state index contributed by atoms with van der Waals surface area (Å²) in [7, 11) is 0. The molecule has 0 spiro atoms. The molecule has 0 radical (unpaired) electrons. The fraction of sp³-hybridized carbons (Fsp3) is 0.412. The maximum atomic E-state index is 12.4. The number of aryl methyl sites for hydroxylation is 1. The van der Waals surface area contributed by atoms with E-state index in [4.69, 9.17) is 16.3 Å². The maximum Gasteiger partial charge on any atom is 0.260 e. The van der Waals surface area contributed by atoms with E-state index in [-0.39, 0.29) is 18.4 Å². The molecule has 1 aliphatic heterocycles. The Kier molecular flexibility index (Phi) is 4.86. The van der Waals surface area contributed by atoms with E-state index < -0.39 is 0 Å². The average Bonchev–Trinajstić information content (AvgIpc) is 3.08. The highest BCUT2D eigenvalue weighted by atomic mass is 35.5. The highest BCUT2D eigenvalue weighted by Gasteiger charge is 2.26. The Labute approximate surface area is 140 Å². The first-order valence-corrected chi connectivity index (χ1v) is 8.17. The van der Waals surface area contributed by atoms with Gasteiger partial charge in [-0.3, -0.25) is 4.79 Å². The Balaban J connectivity index is 1.57. The van der Waals surface area contributed by atoms with E-state index in [1.165, 1.54) is 0 Å².